The number of aromatic nitrogens is 2. The van der Waals surface area contributed by atoms with Gasteiger partial charge in [0.1, 0.15) is 17.1 Å². The Hall–Kier alpha value is -2.75. The average Bonchev–Trinajstić information content (AvgIpc) is 2.69. The topological polar surface area (TPSA) is 90.3 Å². The van der Waals surface area contributed by atoms with Gasteiger partial charge < -0.3 is 20.8 Å². The minimum absolute atomic E-state index is 0.00656. The number of rotatable bonds is 6. The van der Waals surface area contributed by atoms with Crippen molar-refractivity contribution in [2.75, 3.05) is 17.2 Å². The van der Waals surface area contributed by atoms with Gasteiger partial charge in [-0.3, -0.25) is 0 Å². The average molecular weight is 459 g/mol. The van der Waals surface area contributed by atoms with Crippen molar-refractivity contribution in [3.63, 3.8) is 0 Å². The number of phenols is 1. The highest BCUT2D eigenvalue weighted by Gasteiger charge is 2.35. The van der Waals surface area contributed by atoms with E-state index in [1.165, 1.54) is 36.4 Å². The Bertz CT molecular complexity index is 1030. The van der Waals surface area contributed by atoms with Crippen LogP contribution in [-0.4, -0.2) is 26.7 Å². The lowest BCUT2D eigenvalue weighted by Crippen LogP contribution is -2.18. The molecule has 3 rings (SSSR count). The summed E-state index contributed by atoms with van der Waals surface area (Å²) in [7, 11) is 0. The SMILES string of the molecule is Oc1ccc(C(O)CNc2nc(Nc3ccc(Cl)c(Cl)c3)ncc2C(F)(F)F)cc1. The number of benzene rings is 2. The molecule has 6 nitrogen and oxygen atoms in total. The van der Waals surface area contributed by atoms with Crippen molar-refractivity contribution >= 4 is 40.7 Å². The minimum atomic E-state index is -4.70. The minimum Gasteiger partial charge on any atom is -0.508 e. The third-order valence-corrected chi connectivity index (χ3v) is 4.75. The summed E-state index contributed by atoms with van der Waals surface area (Å²) in [4.78, 5) is 7.59. The van der Waals surface area contributed by atoms with Crippen LogP contribution in [-0.2, 0) is 6.18 Å². The monoisotopic (exact) mass is 458 g/mol. The van der Waals surface area contributed by atoms with Gasteiger partial charge in [0.15, 0.2) is 0 Å². The number of hydrogen-bond donors (Lipinski definition) is 4. The van der Waals surface area contributed by atoms with Gasteiger partial charge in [-0.2, -0.15) is 18.2 Å². The molecule has 11 heteroatoms. The van der Waals surface area contributed by atoms with Crippen LogP contribution in [0.5, 0.6) is 5.75 Å². The summed E-state index contributed by atoms with van der Waals surface area (Å²) in [5.74, 6) is -0.604. The molecule has 1 aromatic heterocycles. The smallest absolute Gasteiger partial charge is 0.421 e. The van der Waals surface area contributed by atoms with Crippen LogP contribution in [0.15, 0.2) is 48.7 Å². The molecule has 158 valence electrons. The van der Waals surface area contributed by atoms with E-state index in [0.717, 1.165) is 0 Å². The first-order chi connectivity index (χ1) is 14.1. The number of anilines is 3. The Kier molecular flexibility index (Phi) is 6.55. The molecule has 0 fully saturated rings. The molecule has 1 atom stereocenters. The second-order valence-electron chi connectivity index (χ2n) is 6.20. The normalized spacial score (nSPS) is 12.5. The van der Waals surface area contributed by atoms with Gasteiger partial charge in [-0.05, 0) is 35.9 Å². The van der Waals surface area contributed by atoms with Crippen LogP contribution in [0.4, 0.5) is 30.6 Å². The number of halogens is 5. The molecule has 2 aromatic carbocycles. The van der Waals surface area contributed by atoms with E-state index in [9.17, 15) is 23.4 Å². The molecule has 0 amide bonds. The Labute approximate surface area is 179 Å². The summed E-state index contributed by atoms with van der Waals surface area (Å²) in [6.45, 7) is -0.253. The molecule has 30 heavy (non-hydrogen) atoms. The maximum Gasteiger partial charge on any atom is 0.421 e. The highest BCUT2D eigenvalue weighted by molar-refractivity contribution is 6.42. The lowest BCUT2D eigenvalue weighted by atomic mass is 10.1. The lowest BCUT2D eigenvalue weighted by Gasteiger charge is -2.17. The predicted octanol–water partition coefficient (Wildman–Crippen LogP) is 5.40. The molecule has 0 bridgehead atoms. The zero-order chi connectivity index (χ0) is 21.9. The summed E-state index contributed by atoms with van der Waals surface area (Å²) in [5.41, 5.74) is -0.239. The van der Waals surface area contributed by atoms with E-state index in [-0.39, 0.29) is 23.3 Å². The third kappa shape index (κ3) is 5.44. The number of aliphatic hydroxyl groups excluding tert-OH is 1. The van der Waals surface area contributed by atoms with Crippen LogP contribution >= 0.6 is 23.2 Å². The van der Waals surface area contributed by atoms with Crippen LogP contribution in [0.3, 0.4) is 0 Å². The second kappa shape index (κ2) is 8.95. The Morgan fingerprint density at radius 2 is 1.73 bits per heavy atom. The van der Waals surface area contributed by atoms with E-state index >= 15 is 0 Å². The van der Waals surface area contributed by atoms with E-state index in [4.69, 9.17) is 23.2 Å². The Balaban J connectivity index is 1.82. The molecule has 0 aliphatic heterocycles. The van der Waals surface area contributed by atoms with E-state index in [2.05, 4.69) is 20.6 Å². The van der Waals surface area contributed by atoms with Crippen molar-refractivity contribution in [2.45, 2.75) is 12.3 Å². The van der Waals surface area contributed by atoms with Crippen molar-refractivity contribution in [3.05, 3.63) is 69.8 Å². The molecule has 1 unspecified atom stereocenters. The van der Waals surface area contributed by atoms with E-state index in [0.29, 0.717) is 22.5 Å². The largest absolute Gasteiger partial charge is 0.508 e. The molecule has 0 saturated carbocycles. The molecule has 0 radical (unpaired) electrons. The maximum atomic E-state index is 13.3. The van der Waals surface area contributed by atoms with Gasteiger partial charge in [0.05, 0.1) is 16.1 Å². The number of alkyl halides is 3. The molecule has 0 aliphatic rings. The number of nitrogens with one attached hydrogen (secondary N) is 2. The quantitative estimate of drug-likeness (QED) is 0.395. The van der Waals surface area contributed by atoms with Gasteiger partial charge >= 0.3 is 6.18 Å². The third-order valence-electron chi connectivity index (χ3n) is 4.01. The van der Waals surface area contributed by atoms with Gasteiger partial charge in [0.2, 0.25) is 5.95 Å². The lowest BCUT2D eigenvalue weighted by molar-refractivity contribution is -0.137. The first kappa shape index (κ1) is 21.9. The highest BCUT2D eigenvalue weighted by atomic mass is 35.5. The summed E-state index contributed by atoms with van der Waals surface area (Å²) in [6, 6.07) is 10.2. The van der Waals surface area contributed by atoms with Crippen molar-refractivity contribution in [1.29, 1.82) is 0 Å². The fraction of sp³-hybridized carbons (Fsp3) is 0.158. The van der Waals surface area contributed by atoms with Gasteiger partial charge in [0, 0.05) is 18.4 Å². The number of aromatic hydroxyl groups is 1. The van der Waals surface area contributed by atoms with Gasteiger partial charge in [-0.25, -0.2) is 4.98 Å². The molecular formula is C19H15Cl2F3N4O2. The van der Waals surface area contributed by atoms with E-state index < -0.39 is 23.7 Å². The zero-order valence-electron chi connectivity index (χ0n) is 15.1. The van der Waals surface area contributed by atoms with Gasteiger partial charge in [-0.1, -0.05) is 35.3 Å². The van der Waals surface area contributed by atoms with Crippen LogP contribution in [0.1, 0.15) is 17.2 Å². The summed E-state index contributed by atoms with van der Waals surface area (Å²) < 4.78 is 40.0. The number of hydrogen-bond acceptors (Lipinski definition) is 6. The van der Waals surface area contributed by atoms with Gasteiger partial charge in [-0.15, -0.1) is 0 Å². The summed E-state index contributed by atoms with van der Waals surface area (Å²) >= 11 is 11.8. The fourth-order valence-corrected chi connectivity index (χ4v) is 2.79. The zero-order valence-corrected chi connectivity index (χ0v) is 16.6. The number of phenolic OH excluding ortho intramolecular Hbond substituents is 1. The number of nitrogens with zero attached hydrogens (tertiary/aromatic N) is 2. The van der Waals surface area contributed by atoms with Gasteiger partial charge in [0.25, 0.3) is 0 Å². The predicted molar refractivity (Wildman–Crippen MR) is 108 cm³/mol. The standard InChI is InChI=1S/C19H15Cl2F3N4O2/c20-14-6-3-11(7-15(14)21)27-18-26-8-13(19(22,23)24)17(28-18)25-9-16(30)10-1-4-12(29)5-2-10/h1-8,16,29-30H,9H2,(H2,25,26,27,28). The van der Waals surface area contributed by atoms with Crippen molar-refractivity contribution in [1.82, 2.24) is 9.97 Å². The Morgan fingerprint density at radius 3 is 2.37 bits per heavy atom. The van der Waals surface area contributed by atoms with Crippen molar-refractivity contribution in [2.24, 2.45) is 0 Å². The molecule has 0 spiro atoms. The summed E-state index contributed by atoms with van der Waals surface area (Å²) in [5, 5.41) is 25.3. The molecule has 1 heterocycles. The van der Waals surface area contributed by atoms with Crippen molar-refractivity contribution < 1.29 is 23.4 Å². The highest BCUT2D eigenvalue weighted by Crippen LogP contribution is 2.34. The van der Waals surface area contributed by atoms with Crippen molar-refractivity contribution in [3.8, 4) is 5.75 Å². The Morgan fingerprint density at radius 1 is 1.03 bits per heavy atom. The molecule has 4 N–H and O–H groups in total. The van der Waals surface area contributed by atoms with E-state index in [1.807, 2.05) is 0 Å². The summed E-state index contributed by atoms with van der Waals surface area (Å²) in [6.07, 6.45) is -5.19. The second-order valence-corrected chi connectivity index (χ2v) is 7.01. The van der Waals surface area contributed by atoms with Crippen LogP contribution in [0.25, 0.3) is 0 Å². The molecule has 0 saturated heterocycles. The number of aliphatic hydroxyl groups is 1. The van der Waals surface area contributed by atoms with Crippen LogP contribution in [0.2, 0.25) is 10.0 Å². The molecular weight excluding hydrogens is 444 g/mol. The maximum absolute atomic E-state index is 13.3. The first-order valence-electron chi connectivity index (χ1n) is 8.50. The van der Waals surface area contributed by atoms with E-state index in [1.54, 1.807) is 6.07 Å². The first-order valence-corrected chi connectivity index (χ1v) is 9.26. The van der Waals surface area contributed by atoms with Crippen LogP contribution < -0.4 is 10.6 Å². The fourth-order valence-electron chi connectivity index (χ4n) is 2.49. The molecule has 0 aliphatic carbocycles. The van der Waals surface area contributed by atoms with Crippen LogP contribution in [0, 0.1) is 0 Å². The molecule has 3 aromatic rings.